The molecule has 107 heavy (non-hydrogen) atoms. The van der Waals surface area contributed by atoms with E-state index in [1.54, 1.807) is 48.5 Å². The van der Waals surface area contributed by atoms with Crippen molar-refractivity contribution in [2.24, 2.45) is 35.1 Å². The number of nitrogen functional groups attached to an aromatic ring is 3. The Morgan fingerprint density at radius 2 is 1.05 bits per heavy atom. The molecule has 2 aliphatic heterocycles. The van der Waals surface area contributed by atoms with Gasteiger partial charge in [-0.25, -0.2) is 34.1 Å². The first-order chi connectivity index (χ1) is 49.9. The molecule has 6 rings (SSSR count). The molecular weight excluding hydrogens is 1510 g/mol. The minimum absolute atomic E-state index is 0.0418. The van der Waals surface area contributed by atoms with Crippen LogP contribution in [-0.4, -0.2) is 225 Å². The zero-order valence-corrected chi connectivity index (χ0v) is 64.0. The molecule has 0 aromatic carbocycles. The lowest BCUT2D eigenvalue weighted by Gasteiger charge is -2.30. The Kier molecular flexibility index (Phi) is 38.8. The number of aromatic nitrogens is 8. The number of nitrogens with two attached hydrogens (primary N) is 5. The highest BCUT2D eigenvalue weighted by Crippen LogP contribution is 2.51. The summed E-state index contributed by atoms with van der Waals surface area (Å²) in [7, 11) is -14.4. The van der Waals surface area contributed by atoms with Gasteiger partial charge in [0.15, 0.2) is 6.04 Å². The Hall–Kier alpha value is -7.45. The number of nitrogens with zero attached hydrogens (tertiary/aromatic N) is 8. The number of hydrogen-bond acceptors (Lipinski definition) is 33. The first-order valence-electron chi connectivity index (χ1n) is 32.7. The predicted molar refractivity (Wildman–Crippen MR) is 381 cm³/mol. The van der Waals surface area contributed by atoms with Crippen LogP contribution in [0, 0.1) is 23.7 Å². The predicted octanol–water partition coefficient (Wildman–Crippen LogP) is -2.66. The van der Waals surface area contributed by atoms with Gasteiger partial charge in [-0.2, -0.15) is 19.9 Å². The van der Waals surface area contributed by atoms with Crippen molar-refractivity contribution in [3.8, 4) is 0 Å². The molecule has 9 unspecified atom stereocenters. The summed E-state index contributed by atoms with van der Waals surface area (Å²) in [4.78, 5) is 150. The SMILES string of the molecule is CC(C)C(N)C(=O)Nc1ccn(C[C@H]2COP(=O)(O)CO2)c(=O)n1.CC(C)C(NP(=O)(O)CO[C@H](CO)Cn1ccc(N)nc1=O)C(=O)O.CCOC(=O)C(NP(=O)(O)CO[C@H](CO)Cn1ccc(N)nc1=O)C(C)C.COC(=O)C(COP1(=O)CO[C@@H](Cn2ccc(N)nc2=O)CO1)NC(=O)C(N)C(C)C. The number of carbonyl (C=O) groups is 5. The normalized spacial score (nSPS) is 20.3. The molecule has 13 atom stereocenters. The van der Waals surface area contributed by atoms with Gasteiger partial charge in [-0.1, -0.05) is 55.4 Å². The number of carbonyl (C=O) groups excluding carboxylic acids is 4. The summed E-state index contributed by atoms with van der Waals surface area (Å²) >= 11 is 0. The lowest BCUT2D eigenvalue weighted by molar-refractivity contribution is -0.147. The smallest absolute Gasteiger partial charge is 0.356 e. The van der Waals surface area contributed by atoms with E-state index in [0.717, 1.165) is 16.2 Å². The Labute approximate surface area is 612 Å². The fourth-order valence-electron chi connectivity index (χ4n) is 8.53. The summed E-state index contributed by atoms with van der Waals surface area (Å²) in [6.45, 7) is 13.8. The molecule has 0 saturated carbocycles. The number of methoxy groups -OCH3 is 1. The molecule has 0 bridgehead atoms. The van der Waals surface area contributed by atoms with Crippen LogP contribution in [0.3, 0.4) is 0 Å². The van der Waals surface area contributed by atoms with Gasteiger partial charge in [-0.15, -0.1) is 0 Å². The number of hydrogen-bond donors (Lipinski definition) is 15. The van der Waals surface area contributed by atoms with Crippen molar-refractivity contribution in [1.29, 1.82) is 0 Å². The third-order valence-electron chi connectivity index (χ3n) is 14.8. The highest BCUT2D eigenvalue weighted by Gasteiger charge is 2.38. The molecule has 604 valence electrons. The van der Waals surface area contributed by atoms with Crippen LogP contribution in [0.2, 0.25) is 0 Å². The third kappa shape index (κ3) is 33.5. The quantitative estimate of drug-likeness (QED) is 0.0165. The molecule has 4 aromatic rings. The van der Waals surface area contributed by atoms with E-state index in [9.17, 15) is 86.3 Å². The summed E-state index contributed by atoms with van der Waals surface area (Å²) in [5, 5.41) is 37.2. The van der Waals surface area contributed by atoms with Gasteiger partial charge in [-0.3, -0.25) is 55.7 Å². The summed E-state index contributed by atoms with van der Waals surface area (Å²) in [6.07, 6.45) is 0.417. The molecule has 0 aliphatic carbocycles. The summed E-state index contributed by atoms with van der Waals surface area (Å²) in [6, 6.07) is 0.736. The number of aliphatic carboxylic acids is 1. The van der Waals surface area contributed by atoms with E-state index in [-0.39, 0.29) is 87.0 Å². The van der Waals surface area contributed by atoms with E-state index in [4.69, 9.17) is 71.0 Å². The Bertz CT molecular complexity index is 3990. The molecule has 0 spiro atoms. The first-order valence-corrected chi connectivity index (χ1v) is 39.9. The summed E-state index contributed by atoms with van der Waals surface area (Å²) in [5.41, 5.74) is 25.3. The number of anilines is 4. The van der Waals surface area contributed by atoms with Crippen LogP contribution in [0.25, 0.3) is 0 Å². The van der Waals surface area contributed by atoms with E-state index < -0.39 is 188 Å². The van der Waals surface area contributed by atoms with Gasteiger partial charge in [0.1, 0.15) is 73.0 Å². The molecule has 2 aliphatic rings. The highest BCUT2D eigenvalue weighted by molar-refractivity contribution is 7.56. The number of carboxylic acid groups (broad SMARTS) is 1. The van der Waals surface area contributed by atoms with Crippen molar-refractivity contribution in [1.82, 2.24) is 53.7 Å². The fourth-order valence-corrected chi connectivity index (χ4v) is 13.4. The van der Waals surface area contributed by atoms with E-state index in [0.29, 0.717) is 0 Å². The van der Waals surface area contributed by atoms with Gasteiger partial charge in [0.25, 0.3) is 15.0 Å². The van der Waals surface area contributed by atoms with Crippen LogP contribution in [0.5, 0.6) is 0 Å². The largest absolute Gasteiger partial charge is 0.480 e. The van der Waals surface area contributed by atoms with Crippen molar-refractivity contribution >= 4 is 83.2 Å². The third-order valence-corrected chi connectivity index (χ3v) is 19.7. The van der Waals surface area contributed by atoms with Gasteiger partial charge < -0.3 is 111 Å². The van der Waals surface area contributed by atoms with Crippen LogP contribution in [0.1, 0.15) is 62.3 Å². The van der Waals surface area contributed by atoms with E-state index in [1.807, 2.05) is 13.8 Å². The zero-order chi connectivity index (χ0) is 80.9. The van der Waals surface area contributed by atoms with Crippen molar-refractivity contribution in [2.45, 2.75) is 143 Å². The second-order valence-electron chi connectivity index (χ2n) is 25.1. The van der Waals surface area contributed by atoms with Crippen molar-refractivity contribution in [2.75, 3.05) is 94.7 Å². The molecular formula is C58H99N17O28P4. The highest BCUT2D eigenvalue weighted by atomic mass is 31.2. The van der Waals surface area contributed by atoms with Crippen LogP contribution < -0.4 is 72.2 Å². The number of ether oxygens (including phenoxy) is 6. The number of rotatable bonds is 35. The summed E-state index contributed by atoms with van der Waals surface area (Å²) < 4.78 is 99.3. The van der Waals surface area contributed by atoms with Crippen LogP contribution in [0.15, 0.2) is 68.2 Å². The van der Waals surface area contributed by atoms with Gasteiger partial charge in [-0.05, 0) is 54.9 Å². The van der Waals surface area contributed by atoms with Gasteiger partial charge in [0.05, 0.1) is 97.2 Å². The molecule has 20 N–H and O–H groups in total. The number of aliphatic hydroxyl groups is 2. The lowest BCUT2D eigenvalue weighted by atomic mass is 10.0. The minimum atomic E-state index is -4.14. The monoisotopic (exact) mass is 1610 g/mol. The van der Waals surface area contributed by atoms with Gasteiger partial charge in [0.2, 0.25) is 11.8 Å². The Morgan fingerprint density at radius 1 is 0.626 bits per heavy atom. The molecule has 49 heteroatoms. The molecule has 4 aromatic heterocycles. The Balaban J connectivity index is 0.000000372. The average molecular weight is 1610 g/mol. The molecule has 45 nitrogen and oxygen atoms in total. The standard InChI is InChI=1S/C17H28N5O8P.C15H27N4O7P.C13H23N4O7P.C13H21N4O6P/c1-10(2)14(19)15(23)20-12(16(24)27-3)8-30-31(26)9-28-11(7-29-31)6-22-5-4-13(18)21-17(22)25;1-4-25-14(21)13(10(2)3)18-27(23,24)9-26-11(8-20)7-19-6-5-12(16)17-15(19)22;1-8(2)11(12(19)20)16-25(22,23)7-24-9(6-18)5-17-4-3-10(14)15-13(17)21;1-8(2)11(14)12(18)15-10-3-4-17(13(19)16-10)5-9-6-23-24(20,21)7-22-9/h4-5,10-12,14H,6-9,19H2,1-3H3,(H,20,23)(H2,18,21,25);5-6,10-11,13,20H,4,7-9H2,1-3H3,(H2,16,17,22)(H2,18,23,24);3-4,8-9,11,18H,5-7H2,1-2H3,(H,19,20)(H2,14,15,21)(H2,16,22,23);3-4,8-9,11H,5-7,14H2,1-2H3,(H,20,21)(H,15,16,18,19)/t11-,12?,14?,31?;11-,13?;2*9-,11?/m0000/s1. The fraction of sp³-hybridized carbons (Fsp3) is 0.638. The van der Waals surface area contributed by atoms with Gasteiger partial charge in [0, 0.05) is 24.8 Å². The second-order valence-corrected chi connectivity index (χ2v) is 32.7. The second kappa shape index (κ2) is 44.3. The summed E-state index contributed by atoms with van der Waals surface area (Å²) in [5.74, 6) is -4.30. The maximum Gasteiger partial charge on any atom is 0.356 e. The van der Waals surface area contributed by atoms with Gasteiger partial charge >= 0.3 is 55.9 Å². The van der Waals surface area contributed by atoms with Crippen molar-refractivity contribution in [3.05, 3.63) is 91.0 Å². The minimum Gasteiger partial charge on any atom is -0.480 e. The first kappa shape index (κ1) is 93.8. The zero-order valence-electron chi connectivity index (χ0n) is 60.4. The average Bonchev–Trinajstić information content (AvgIpc) is 0.811. The number of nitrogens with one attached hydrogen (secondary N) is 4. The maximum absolute atomic E-state index is 12.7. The molecule has 0 radical (unpaired) electrons. The Morgan fingerprint density at radius 3 is 1.42 bits per heavy atom. The maximum atomic E-state index is 12.7. The lowest BCUT2D eigenvalue weighted by Crippen LogP contribution is -2.52. The van der Waals surface area contributed by atoms with Crippen molar-refractivity contribution < 1.29 is 114 Å². The molecule has 2 saturated heterocycles. The van der Waals surface area contributed by atoms with E-state index in [2.05, 4.69) is 45.5 Å². The van der Waals surface area contributed by atoms with Crippen LogP contribution in [0.4, 0.5) is 23.3 Å². The number of esters is 2. The van der Waals surface area contributed by atoms with E-state index >= 15 is 0 Å². The molecule has 2 amide bonds. The number of carboxylic acids is 1. The number of aliphatic hydroxyl groups excluding tert-OH is 2. The van der Waals surface area contributed by atoms with E-state index in [1.165, 1.54) is 58.2 Å². The van der Waals surface area contributed by atoms with Crippen LogP contribution >= 0.6 is 30.2 Å². The van der Waals surface area contributed by atoms with Crippen LogP contribution in [-0.2, 0) is 110 Å². The number of amides is 2. The van der Waals surface area contributed by atoms with Crippen molar-refractivity contribution in [3.63, 3.8) is 0 Å². The topological polar surface area (TPSA) is 676 Å². The molecule has 2 fully saturated rings. The molecule has 6 heterocycles.